The summed E-state index contributed by atoms with van der Waals surface area (Å²) in [6, 6.07) is 3.88. The van der Waals surface area contributed by atoms with E-state index < -0.39 is 0 Å². The number of rotatable bonds is 3. The van der Waals surface area contributed by atoms with Crippen molar-refractivity contribution < 1.29 is 0 Å². The van der Waals surface area contributed by atoms with E-state index >= 15 is 0 Å². The van der Waals surface area contributed by atoms with E-state index in [1.54, 1.807) is 11.3 Å². The number of anilines is 2. The fourth-order valence-electron chi connectivity index (χ4n) is 1.44. The molecule has 0 saturated carbocycles. The van der Waals surface area contributed by atoms with Crippen molar-refractivity contribution in [2.24, 2.45) is 0 Å². The molecule has 0 spiro atoms. The third-order valence-electron chi connectivity index (χ3n) is 2.35. The van der Waals surface area contributed by atoms with E-state index in [9.17, 15) is 0 Å². The van der Waals surface area contributed by atoms with E-state index in [2.05, 4.69) is 15.3 Å². The summed E-state index contributed by atoms with van der Waals surface area (Å²) < 4.78 is 0.789. The molecule has 3 N–H and O–H groups in total. The van der Waals surface area contributed by atoms with Gasteiger partial charge in [0.1, 0.15) is 17.5 Å². The van der Waals surface area contributed by atoms with Crippen molar-refractivity contribution in [3.8, 4) is 0 Å². The van der Waals surface area contributed by atoms with Crippen LogP contribution in [0.1, 0.15) is 16.3 Å². The zero-order chi connectivity index (χ0) is 12.4. The molecule has 2 aromatic heterocycles. The highest BCUT2D eigenvalue weighted by atomic mass is 35.5. The summed E-state index contributed by atoms with van der Waals surface area (Å²) in [5.41, 5.74) is 6.66. The van der Waals surface area contributed by atoms with Gasteiger partial charge in [-0.25, -0.2) is 9.97 Å². The Hall–Kier alpha value is -1.33. The molecule has 0 aliphatic carbocycles. The normalized spacial score (nSPS) is 10.5. The molecule has 0 aliphatic rings. The van der Waals surface area contributed by atoms with Crippen molar-refractivity contribution in [2.45, 2.75) is 20.4 Å². The Balaban J connectivity index is 2.14. The van der Waals surface area contributed by atoms with Crippen molar-refractivity contribution in [3.63, 3.8) is 0 Å². The zero-order valence-corrected chi connectivity index (χ0v) is 11.2. The quantitative estimate of drug-likeness (QED) is 0.898. The van der Waals surface area contributed by atoms with Crippen LogP contribution in [-0.2, 0) is 6.54 Å². The van der Waals surface area contributed by atoms with Gasteiger partial charge in [0.05, 0.1) is 10.9 Å². The standard InChI is InChI=1S/C11H13ClN4S/c1-6-10(13)15-7(2)16-11(6)14-5-8-3-4-9(12)17-8/h3-4H,5H2,1-2H3,(H3,13,14,15,16). The molecule has 6 heteroatoms. The number of aromatic nitrogens is 2. The largest absolute Gasteiger partial charge is 0.383 e. The van der Waals surface area contributed by atoms with Crippen LogP contribution in [0.25, 0.3) is 0 Å². The Kier molecular flexibility index (Phi) is 3.49. The Labute approximate surface area is 109 Å². The minimum atomic E-state index is 0.518. The van der Waals surface area contributed by atoms with Crippen LogP contribution in [0.2, 0.25) is 4.34 Å². The highest BCUT2D eigenvalue weighted by Gasteiger charge is 2.06. The number of thiophene rings is 1. The number of halogens is 1. The van der Waals surface area contributed by atoms with Gasteiger partial charge < -0.3 is 11.1 Å². The predicted octanol–water partition coefficient (Wildman–Crippen LogP) is 3.00. The van der Waals surface area contributed by atoms with Gasteiger partial charge in [-0.05, 0) is 26.0 Å². The lowest BCUT2D eigenvalue weighted by atomic mass is 10.3. The monoisotopic (exact) mass is 268 g/mol. The minimum Gasteiger partial charge on any atom is -0.383 e. The van der Waals surface area contributed by atoms with Crippen molar-refractivity contribution in [1.29, 1.82) is 0 Å². The first-order valence-corrected chi connectivity index (χ1v) is 6.34. The average Bonchev–Trinajstić information content (AvgIpc) is 2.67. The summed E-state index contributed by atoms with van der Waals surface area (Å²) in [7, 11) is 0. The van der Waals surface area contributed by atoms with E-state index in [1.165, 1.54) is 0 Å². The molecule has 0 aliphatic heterocycles. The van der Waals surface area contributed by atoms with Gasteiger partial charge in [0, 0.05) is 10.4 Å². The molecule has 90 valence electrons. The van der Waals surface area contributed by atoms with Gasteiger partial charge in [0.2, 0.25) is 0 Å². The van der Waals surface area contributed by atoms with Crippen molar-refractivity contribution in [3.05, 3.63) is 32.7 Å². The van der Waals surface area contributed by atoms with Gasteiger partial charge >= 0.3 is 0 Å². The first-order chi connectivity index (χ1) is 8.06. The fraction of sp³-hybridized carbons (Fsp3) is 0.273. The Bertz CT molecular complexity index is 538. The molecule has 2 rings (SSSR count). The molecule has 0 fully saturated rings. The number of hydrogen-bond donors (Lipinski definition) is 2. The molecular weight excluding hydrogens is 256 g/mol. The number of nitrogens with two attached hydrogens (primary N) is 1. The lowest BCUT2D eigenvalue weighted by Crippen LogP contribution is -2.07. The molecule has 0 amide bonds. The second kappa shape index (κ2) is 4.89. The maximum Gasteiger partial charge on any atom is 0.135 e. The SMILES string of the molecule is Cc1nc(N)c(C)c(NCc2ccc(Cl)s2)n1. The molecule has 0 unspecified atom stereocenters. The molecule has 0 atom stereocenters. The van der Waals surface area contributed by atoms with Crippen LogP contribution in [0.5, 0.6) is 0 Å². The summed E-state index contributed by atoms with van der Waals surface area (Å²) in [4.78, 5) is 9.58. The van der Waals surface area contributed by atoms with Crippen LogP contribution in [0.4, 0.5) is 11.6 Å². The van der Waals surface area contributed by atoms with Gasteiger partial charge in [-0.3, -0.25) is 0 Å². The van der Waals surface area contributed by atoms with Crippen LogP contribution in [0.15, 0.2) is 12.1 Å². The summed E-state index contributed by atoms with van der Waals surface area (Å²) >= 11 is 7.42. The van der Waals surface area contributed by atoms with E-state index in [1.807, 2.05) is 26.0 Å². The summed E-state index contributed by atoms with van der Waals surface area (Å²) in [6.45, 7) is 4.41. The number of nitrogens with zero attached hydrogens (tertiary/aromatic N) is 2. The maximum atomic E-state index is 5.87. The molecule has 4 nitrogen and oxygen atoms in total. The van der Waals surface area contributed by atoms with Crippen LogP contribution in [0, 0.1) is 13.8 Å². The molecule has 0 aromatic carbocycles. The van der Waals surface area contributed by atoms with Crippen LogP contribution in [0.3, 0.4) is 0 Å². The maximum absolute atomic E-state index is 5.87. The number of nitrogen functional groups attached to an aromatic ring is 1. The third-order valence-corrected chi connectivity index (χ3v) is 3.59. The Morgan fingerprint density at radius 3 is 2.76 bits per heavy atom. The highest BCUT2D eigenvalue weighted by Crippen LogP contribution is 2.23. The van der Waals surface area contributed by atoms with Gasteiger partial charge in [-0.15, -0.1) is 11.3 Å². The number of aryl methyl sites for hydroxylation is 1. The van der Waals surface area contributed by atoms with E-state index in [0.29, 0.717) is 18.2 Å². The second-order valence-electron chi connectivity index (χ2n) is 3.69. The van der Waals surface area contributed by atoms with Gasteiger partial charge in [-0.2, -0.15) is 0 Å². The lowest BCUT2D eigenvalue weighted by Gasteiger charge is -2.09. The van der Waals surface area contributed by atoms with E-state index in [-0.39, 0.29) is 0 Å². The number of hydrogen-bond acceptors (Lipinski definition) is 5. The van der Waals surface area contributed by atoms with Gasteiger partial charge in [-0.1, -0.05) is 11.6 Å². The molecule has 2 aromatic rings. The average molecular weight is 269 g/mol. The minimum absolute atomic E-state index is 0.518. The number of nitrogens with one attached hydrogen (secondary N) is 1. The highest BCUT2D eigenvalue weighted by molar-refractivity contribution is 7.16. The van der Waals surface area contributed by atoms with Crippen LogP contribution < -0.4 is 11.1 Å². The van der Waals surface area contributed by atoms with Crippen molar-refractivity contribution in [1.82, 2.24) is 9.97 Å². The first-order valence-electron chi connectivity index (χ1n) is 5.15. The molecule has 17 heavy (non-hydrogen) atoms. The fourth-order valence-corrected chi connectivity index (χ4v) is 2.47. The van der Waals surface area contributed by atoms with Crippen LogP contribution in [-0.4, -0.2) is 9.97 Å². The lowest BCUT2D eigenvalue weighted by molar-refractivity contribution is 1.02. The Morgan fingerprint density at radius 1 is 1.35 bits per heavy atom. The summed E-state index contributed by atoms with van der Waals surface area (Å²) in [6.07, 6.45) is 0. The van der Waals surface area contributed by atoms with E-state index in [0.717, 1.165) is 20.6 Å². The molecule has 0 radical (unpaired) electrons. The smallest absolute Gasteiger partial charge is 0.135 e. The predicted molar refractivity (Wildman–Crippen MR) is 72.6 cm³/mol. The van der Waals surface area contributed by atoms with Gasteiger partial charge in [0.25, 0.3) is 0 Å². The third kappa shape index (κ3) is 2.87. The molecule has 2 heterocycles. The Morgan fingerprint density at radius 2 is 2.12 bits per heavy atom. The van der Waals surface area contributed by atoms with E-state index in [4.69, 9.17) is 17.3 Å². The first kappa shape index (κ1) is 12.1. The molecular formula is C11H13ClN4S. The molecule has 0 bridgehead atoms. The topological polar surface area (TPSA) is 63.8 Å². The van der Waals surface area contributed by atoms with Crippen molar-refractivity contribution in [2.75, 3.05) is 11.1 Å². The van der Waals surface area contributed by atoms with Crippen molar-refractivity contribution >= 4 is 34.6 Å². The summed E-state index contributed by atoms with van der Waals surface area (Å²) in [5, 5.41) is 3.24. The summed E-state index contributed by atoms with van der Waals surface area (Å²) in [5.74, 6) is 1.96. The zero-order valence-electron chi connectivity index (χ0n) is 9.62. The van der Waals surface area contributed by atoms with Crippen LogP contribution >= 0.6 is 22.9 Å². The molecule has 0 saturated heterocycles. The second-order valence-corrected chi connectivity index (χ2v) is 5.49. The van der Waals surface area contributed by atoms with Gasteiger partial charge in [0.15, 0.2) is 0 Å².